The first-order valence-corrected chi connectivity index (χ1v) is 11.0. The molecule has 1 N–H and O–H groups in total. The number of rotatable bonds is 5. The predicted octanol–water partition coefficient (Wildman–Crippen LogP) is 4.24. The summed E-state index contributed by atoms with van der Waals surface area (Å²) in [4.78, 5) is 27.9. The zero-order chi connectivity index (χ0) is 18.2. The van der Waals surface area contributed by atoms with Crippen LogP contribution in [0.15, 0.2) is 29.2 Å². The zero-order valence-electron chi connectivity index (χ0n) is 15.5. The lowest BCUT2D eigenvalue weighted by atomic mass is 9.96. The van der Waals surface area contributed by atoms with Crippen molar-refractivity contribution in [1.82, 2.24) is 10.2 Å². The Balaban J connectivity index is 1.58. The molecule has 1 aliphatic carbocycles. The molecule has 1 saturated heterocycles. The van der Waals surface area contributed by atoms with Crippen LogP contribution in [0.4, 0.5) is 0 Å². The lowest BCUT2D eigenvalue weighted by Crippen LogP contribution is -2.35. The van der Waals surface area contributed by atoms with Gasteiger partial charge < -0.3 is 10.2 Å². The van der Waals surface area contributed by atoms with Crippen molar-refractivity contribution in [3.05, 3.63) is 29.8 Å². The van der Waals surface area contributed by atoms with Gasteiger partial charge in [-0.05, 0) is 37.8 Å². The summed E-state index contributed by atoms with van der Waals surface area (Å²) in [6.07, 6.45) is 10.6. The molecule has 0 atom stereocenters. The number of carbonyl (C=O) groups is 2. The van der Waals surface area contributed by atoms with E-state index in [9.17, 15) is 9.59 Å². The van der Waals surface area contributed by atoms with Gasteiger partial charge in [0.15, 0.2) is 0 Å². The second-order valence-corrected chi connectivity index (χ2v) is 8.41. The van der Waals surface area contributed by atoms with E-state index in [0.29, 0.717) is 11.3 Å². The van der Waals surface area contributed by atoms with E-state index in [1.807, 2.05) is 29.2 Å². The highest BCUT2D eigenvalue weighted by atomic mass is 32.2. The predicted molar refractivity (Wildman–Crippen MR) is 107 cm³/mol. The third-order valence-electron chi connectivity index (χ3n) is 5.38. The molecular weight excluding hydrogens is 344 g/mol. The number of hydrogen-bond acceptors (Lipinski definition) is 3. The third kappa shape index (κ3) is 5.50. The van der Waals surface area contributed by atoms with Crippen molar-refractivity contribution in [3.63, 3.8) is 0 Å². The van der Waals surface area contributed by atoms with E-state index in [4.69, 9.17) is 0 Å². The smallest absolute Gasteiger partial charge is 0.252 e. The molecule has 4 nitrogen and oxygen atoms in total. The summed E-state index contributed by atoms with van der Waals surface area (Å²) >= 11 is 1.49. The molecule has 3 rings (SSSR count). The largest absolute Gasteiger partial charge is 0.349 e. The van der Waals surface area contributed by atoms with Gasteiger partial charge in [-0.3, -0.25) is 9.59 Å². The Hall–Kier alpha value is -1.49. The van der Waals surface area contributed by atoms with Gasteiger partial charge >= 0.3 is 0 Å². The summed E-state index contributed by atoms with van der Waals surface area (Å²) in [5.74, 6) is 0.600. The van der Waals surface area contributed by atoms with Crippen LogP contribution in [0.5, 0.6) is 0 Å². The molecule has 1 aromatic carbocycles. The number of amides is 2. The van der Waals surface area contributed by atoms with Gasteiger partial charge in [-0.2, -0.15) is 0 Å². The van der Waals surface area contributed by atoms with E-state index in [-0.39, 0.29) is 17.9 Å². The van der Waals surface area contributed by atoms with Crippen LogP contribution in [0.2, 0.25) is 0 Å². The molecule has 1 saturated carbocycles. The highest BCUT2D eigenvalue weighted by molar-refractivity contribution is 8.00. The van der Waals surface area contributed by atoms with Gasteiger partial charge in [0.05, 0.1) is 11.3 Å². The first kappa shape index (κ1) is 19.3. The van der Waals surface area contributed by atoms with Crippen LogP contribution >= 0.6 is 11.8 Å². The lowest BCUT2D eigenvalue weighted by molar-refractivity contribution is -0.127. The molecule has 2 fully saturated rings. The molecule has 0 spiro atoms. The molecule has 142 valence electrons. The molecule has 0 unspecified atom stereocenters. The van der Waals surface area contributed by atoms with Crippen LogP contribution in [0, 0.1) is 0 Å². The highest BCUT2D eigenvalue weighted by Crippen LogP contribution is 2.25. The molecular formula is C21H30N2O2S. The average Bonchev–Trinajstić information content (AvgIpc) is 3.17. The number of hydrogen-bond donors (Lipinski definition) is 1. The number of likely N-dealkylation sites (tertiary alicyclic amines) is 1. The van der Waals surface area contributed by atoms with E-state index >= 15 is 0 Å². The van der Waals surface area contributed by atoms with Crippen molar-refractivity contribution in [3.8, 4) is 0 Å². The Bertz CT molecular complexity index is 606. The van der Waals surface area contributed by atoms with E-state index in [2.05, 4.69) is 5.32 Å². The molecule has 0 radical (unpaired) electrons. The maximum absolute atomic E-state index is 12.8. The second-order valence-electron chi connectivity index (χ2n) is 7.39. The maximum atomic E-state index is 12.8. The SMILES string of the molecule is O=C(NC1CCCCCCC1)c1ccccc1SCC(=O)N1CCCC1. The van der Waals surface area contributed by atoms with Crippen molar-refractivity contribution < 1.29 is 9.59 Å². The van der Waals surface area contributed by atoms with Crippen molar-refractivity contribution >= 4 is 23.6 Å². The number of benzene rings is 1. The van der Waals surface area contributed by atoms with E-state index in [1.165, 1.54) is 43.9 Å². The summed E-state index contributed by atoms with van der Waals surface area (Å²) in [7, 11) is 0. The molecule has 2 amide bonds. The number of nitrogens with one attached hydrogen (secondary N) is 1. The van der Waals surface area contributed by atoms with E-state index in [1.54, 1.807) is 0 Å². The van der Waals surface area contributed by atoms with E-state index < -0.39 is 0 Å². The molecule has 2 aliphatic rings. The average molecular weight is 375 g/mol. The molecule has 1 heterocycles. The summed E-state index contributed by atoms with van der Waals surface area (Å²) in [5, 5.41) is 3.24. The summed E-state index contributed by atoms with van der Waals surface area (Å²) < 4.78 is 0. The topological polar surface area (TPSA) is 49.4 Å². The third-order valence-corrected chi connectivity index (χ3v) is 6.44. The van der Waals surface area contributed by atoms with Crippen molar-refractivity contribution in [2.45, 2.75) is 68.7 Å². The number of nitrogens with zero attached hydrogens (tertiary/aromatic N) is 1. The van der Waals surface area contributed by atoms with Crippen molar-refractivity contribution in [2.24, 2.45) is 0 Å². The molecule has 0 aromatic heterocycles. The Labute approximate surface area is 161 Å². The molecule has 0 bridgehead atoms. The summed E-state index contributed by atoms with van der Waals surface area (Å²) in [6, 6.07) is 7.96. The first-order chi connectivity index (χ1) is 12.7. The fourth-order valence-corrected chi connectivity index (χ4v) is 4.79. The van der Waals surface area contributed by atoms with Gasteiger partial charge in [0.25, 0.3) is 5.91 Å². The minimum absolute atomic E-state index is 0.00675. The van der Waals surface area contributed by atoms with Crippen molar-refractivity contribution in [1.29, 1.82) is 0 Å². The molecule has 1 aliphatic heterocycles. The second kappa shape index (κ2) is 10.0. The van der Waals surface area contributed by atoms with Gasteiger partial charge in [0.2, 0.25) is 5.91 Å². The fraction of sp³-hybridized carbons (Fsp3) is 0.619. The van der Waals surface area contributed by atoms with Gasteiger partial charge in [-0.15, -0.1) is 11.8 Å². The van der Waals surface area contributed by atoms with Gasteiger partial charge in [-0.1, -0.05) is 44.2 Å². The lowest BCUT2D eigenvalue weighted by Gasteiger charge is -2.21. The van der Waals surface area contributed by atoms with Crippen LogP contribution in [0.25, 0.3) is 0 Å². The van der Waals surface area contributed by atoms with Gasteiger partial charge in [0, 0.05) is 24.0 Å². The minimum Gasteiger partial charge on any atom is -0.349 e. The summed E-state index contributed by atoms with van der Waals surface area (Å²) in [6.45, 7) is 1.76. The minimum atomic E-state index is 0.00675. The summed E-state index contributed by atoms with van der Waals surface area (Å²) in [5.41, 5.74) is 0.703. The Morgan fingerprint density at radius 2 is 1.62 bits per heavy atom. The van der Waals surface area contributed by atoms with Crippen molar-refractivity contribution in [2.75, 3.05) is 18.8 Å². The Morgan fingerprint density at radius 1 is 0.962 bits per heavy atom. The Morgan fingerprint density at radius 3 is 2.35 bits per heavy atom. The van der Waals surface area contributed by atoms with E-state index in [0.717, 1.165) is 43.7 Å². The maximum Gasteiger partial charge on any atom is 0.252 e. The standard InChI is InChI=1S/C21H30N2O2S/c24-20(23-14-8-9-15-23)16-26-19-13-7-6-12-18(19)21(25)22-17-10-4-2-1-3-5-11-17/h6-7,12-13,17H,1-5,8-11,14-16H2,(H,22,25). The number of thioether (sulfide) groups is 1. The van der Waals surface area contributed by atoms with Gasteiger partial charge in [0.1, 0.15) is 0 Å². The zero-order valence-corrected chi connectivity index (χ0v) is 16.4. The quantitative estimate of drug-likeness (QED) is 0.784. The molecule has 1 aromatic rings. The monoisotopic (exact) mass is 374 g/mol. The van der Waals surface area contributed by atoms with Crippen LogP contribution in [0.3, 0.4) is 0 Å². The normalized spacial score (nSPS) is 19.0. The van der Waals surface area contributed by atoms with Crippen LogP contribution in [0.1, 0.15) is 68.1 Å². The first-order valence-electron chi connectivity index (χ1n) is 10.0. The van der Waals surface area contributed by atoms with Gasteiger partial charge in [-0.25, -0.2) is 0 Å². The van der Waals surface area contributed by atoms with Crippen LogP contribution < -0.4 is 5.32 Å². The highest BCUT2D eigenvalue weighted by Gasteiger charge is 2.20. The fourth-order valence-electron chi connectivity index (χ4n) is 3.84. The molecule has 26 heavy (non-hydrogen) atoms. The molecule has 5 heteroatoms. The number of carbonyl (C=O) groups excluding carboxylic acids is 2. The van der Waals surface area contributed by atoms with Crippen LogP contribution in [-0.2, 0) is 4.79 Å². The Kier molecular flexibility index (Phi) is 7.42. The van der Waals surface area contributed by atoms with Crippen LogP contribution in [-0.4, -0.2) is 41.6 Å².